The first-order valence-corrected chi connectivity index (χ1v) is 6.79. The average molecular weight is 312 g/mol. The van der Waals surface area contributed by atoms with Crippen LogP contribution in [0.2, 0.25) is 0 Å². The van der Waals surface area contributed by atoms with E-state index in [1.54, 1.807) is 0 Å². The van der Waals surface area contributed by atoms with Crippen LogP contribution in [0.5, 0.6) is 0 Å². The zero-order valence-electron chi connectivity index (χ0n) is 12.5. The summed E-state index contributed by atoms with van der Waals surface area (Å²) in [4.78, 5) is 4.23. The molecule has 2 atom stereocenters. The highest BCUT2D eigenvalue weighted by Crippen LogP contribution is 2.18. The molecule has 0 spiro atoms. The van der Waals surface area contributed by atoms with Crippen molar-refractivity contribution in [1.82, 2.24) is 10.1 Å². The fourth-order valence-corrected chi connectivity index (χ4v) is 1.99. The summed E-state index contributed by atoms with van der Waals surface area (Å²) in [5, 5.41) is 13.9. The monoisotopic (exact) mass is 311 g/mol. The van der Waals surface area contributed by atoms with Crippen molar-refractivity contribution in [2.75, 3.05) is 0 Å². The van der Waals surface area contributed by atoms with Gasteiger partial charge in [0.1, 0.15) is 6.10 Å². The van der Waals surface area contributed by atoms with Crippen molar-refractivity contribution >= 4 is 12.4 Å². The second-order valence-electron chi connectivity index (χ2n) is 5.48. The third-order valence-corrected chi connectivity index (χ3v) is 3.32. The molecule has 1 aromatic heterocycles. The fourth-order valence-electron chi connectivity index (χ4n) is 1.99. The van der Waals surface area contributed by atoms with E-state index in [1.165, 1.54) is 5.56 Å². The van der Waals surface area contributed by atoms with Gasteiger partial charge in [0.2, 0.25) is 11.7 Å². The lowest BCUT2D eigenvalue weighted by Crippen LogP contribution is -2.34. The highest BCUT2D eigenvalue weighted by atomic mass is 35.5. The zero-order chi connectivity index (χ0) is 14.7. The van der Waals surface area contributed by atoms with E-state index in [9.17, 15) is 5.11 Å². The van der Waals surface area contributed by atoms with E-state index in [0.29, 0.717) is 12.3 Å². The van der Waals surface area contributed by atoms with Gasteiger partial charge >= 0.3 is 0 Å². The van der Waals surface area contributed by atoms with Crippen LogP contribution in [0.3, 0.4) is 0 Å². The largest absolute Gasteiger partial charge is 0.383 e. The van der Waals surface area contributed by atoms with Gasteiger partial charge in [0.25, 0.3) is 0 Å². The van der Waals surface area contributed by atoms with Gasteiger partial charge in [0.15, 0.2) is 0 Å². The number of aliphatic hydroxyl groups is 1. The molecule has 0 saturated heterocycles. The minimum Gasteiger partial charge on any atom is -0.383 e. The summed E-state index contributed by atoms with van der Waals surface area (Å²) in [6.45, 7) is 5.93. The second kappa shape index (κ2) is 7.54. The van der Waals surface area contributed by atoms with Crippen LogP contribution in [0.25, 0.3) is 0 Å². The van der Waals surface area contributed by atoms with E-state index in [2.05, 4.69) is 16.2 Å². The number of nitrogens with two attached hydrogens (primary N) is 1. The molecule has 0 aliphatic rings. The Morgan fingerprint density at radius 2 is 2.05 bits per heavy atom. The molecule has 0 amide bonds. The molecule has 1 unspecified atom stereocenters. The van der Waals surface area contributed by atoms with E-state index in [4.69, 9.17) is 10.3 Å². The maximum atomic E-state index is 10.1. The van der Waals surface area contributed by atoms with E-state index in [-0.39, 0.29) is 24.1 Å². The molecule has 0 radical (unpaired) electrons. The van der Waals surface area contributed by atoms with Crippen molar-refractivity contribution in [1.29, 1.82) is 0 Å². The fraction of sp³-hybridized carbons (Fsp3) is 0.467. The number of halogens is 1. The molecular formula is C15H22ClN3O2. The molecule has 0 fully saturated rings. The number of hydrogen-bond acceptors (Lipinski definition) is 5. The van der Waals surface area contributed by atoms with Gasteiger partial charge < -0.3 is 15.4 Å². The van der Waals surface area contributed by atoms with Crippen LogP contribution < -0.4 is 5.73 Å². The summed E-state index contributed by atoms with van der Waals surface area (Å²) in [6.07, 6.45) is -0.344. The molecular weight excluding hydrogens is 290 g/mol. The van der Waals surface area contributed by atoms with Crippen LogP contribution in [0.1, 0.15) is 42.8 Å². The van der Waals surface area contributed by atoms with Gasteiger partial charge in [-0.3, -0.25) is 0 Å². The van der Waals surface area contributed by atoms with Crippen LogP contribution in [-0.2, 0) is 6.42 Å². The Hall–Kier alpha value is -1.43. The number of benzene rings is 1. The summed E-state index contributed by atoms with van der Waals surface area (Å²) in [5.74, 6) is 0.887. The Balaban J connectivity index is 0.00000220. The first kappa shape index (κ1) is 17.6. The van der Waals surface area contributed by atoms with Crippen molar-refractivity contribution in [2.24, 2.45) is 11.7 Å². The topological polar surface area (TPSA) is 85.2 Å². The van der Waals surface area contributed by atoms with Gasteiger partial charge in [0, 0.05) is 6.04 Å². The lowest BCUT2D eigenvalue weighted by atomic mass is 9.99. The Bertz CT molecular complexity index is 572. The van der Waals surface area contributed by atoms with E-state index in [0.717, 1.165) is 5.56 Å². The molecule has 116 valence electrons. The number of aromatic nitrogens is 2. The van der Waals surface area contributed by atoms with Crippen LogP contribution in [0.4, 0.5) is 0 Å². The number of hydrogen-bond donors (Lipinski definition) is 2. The summed E-state index contributed by atoms with van der Waals surface area (Å²) in [7, 11) is 0. The third kappa shape index (κ3) is 4.52. The first-order chi connectivity index (χ1) is 9.47. The van der Waals surface area contributed by atoms with Crippen LogP contribution in [0.15, 0.2) is 28.8 Å². The summed E-state index contributed by atoms with van der Waals surface area (Å²) in [5.41, 5.74) is 8.19. The quantitative estimate of drug-likeness (QED) is 0.885. The SMILES string of the molecule is Cc1cccc(Cc2nc(C(O)[C@@H](N)C(C)C)no2)c1.Cl. The minimum atomic E-state index is -0.898. The Labute approximate surface area is 131 Å². The Kier molecular flexibility index (Phi) is 6.33. The molecule has 0 saturated carbocycles. The second-order valence-corrected chi connectivity index (χ2v) is 5.48. The standard InChI is InChI=1S/C15H21N3O2.ClH/c1-9(2)13(16)14(19)15-17-12(20-18-15)8-11-6-4-5-10(3)7-11;/h4-7,9,13-14,19H,8,16H2,1-3H3;1H/t13-,14?;/m0./s1. The zero-order valence-corrected chi connectivity index (χ0v) is 13.3. The lowest BCUT2D eigenvalue weighted by Gasteiger charge is -2.18. The van der Waals surface area contributed by atoms with Gasteiger partial charge in [0.05, 0.1) is 6.42 Å². The van der Waals surface area contributed by atoms with E-state index < -0.39 is 12.1 Å². The van der Waals surface area contributed by atoms with Gasteiger partial charge in [-0.2, -0.15) is 4.98 Å². The molecule has 5 nitrogen and oxygen atoms in total. The van der Waals surface area contributed by atoms with Crippen molar-refractivity contribution < 1.29 is 9.63 Å². The number of rotatable bonds is 5. The summed E-state index contributed by atoms with van der Waals surface area (Å²) in [6, 6.07) is 7.70. The summed E-state index contributed by atoms with van der Waals surface area (Å²) >= 11 is 0. The lowest BCUT2D eigenvalue weighted by molar-refractivity contribution is 0.114. The third-order valence-electron chi connectivity index (χ3n) is 3.32. The van der Waals surface area contributed by atoms with E-state index in [1.807, 2.05) is 39.0 Å². The van der Waals surface area contributed by atoms with Crippen LogP contribution in [0, 0.1) is 12.8 Å². The molecule has 1 aromatic carbocycles. The average Bonchev–Trinajstić information content (AvgIpc) is 2.85. The Morgan fingerprint density at radius 3 is 2.67 bits per heavy atom. The molecule has 0 bridgehead atoms. The smallest absolute Gasteiger partial charge is 0.231 e. The predicted octanol–water partition coefficient (Wildman–Crippen LogP) is 2.41. The van der Waals surface area contributed by atoms with Crippen molar-refractivity contribution in [3.05, 3.63) is 47.1 Å². The Morgan fingerprint density at radius 1 is 1.33 bits per heavy atom. The van der Waals surface area contributed by atoms with Gasteiger partial charge in [-0.15, -0.1) is 12.4 Å². The van der Waals surface area contributed by atoms with Crippen LogP contribution >= 0.6 is 12.4 Å². The highest BCUT2D eigenvalue weighted by Gasteiger charge is 2.24. The molecule has 3 N–H and O–H groups in total. The maximum Gasteiger partial charge on any atom is 0.231 e. The van der Waals surface area contributed by atoms with Gasteiger partial charge in [-0.05, 0) is 18.4 Å². The maximum absolute atomic E-state index is 10.1. The molecule has 2 rings (SSSR count). The molecule has 1 heterocycles. The number of aryl methyl sites for hydroxylation is 1. The highest BCUT2D eigenvalue weighted by molar-refractivity contribution is 5.85. The van der Waals surface area contributed by atoms with Crippen molar-refractivity contribution in [3.8, 4) is 0 Å². The van der Waals surface area contributed by atoms with Gasteiger partial charge in [-0.1, -0.05) is 48.8 Å². The van der Waals surface area contributed by atoms with Crippen molar-refractivity contribution in [2.45, 2.75) is 39.3 Å². The molecule has 6 heteroatoms. The number of nitrogens with zero attached hydrogens (tertiary/aromatic N) is 2. The molecule has 0 aliphatic carbocycles. The first-order valence-electron chi connectivity index (χ1n) is 6.79. The summed E-state index contributed by atoms with van der Waals surface area (Å²) < 4.78 is 5.18. The molecule has 0 aliphatic heterocycles. The van der Waals surface area contributed by atoms with Gasteiger partial charge in [-0.25, -0.2) is 0 Å². The minimum absolute atomic E-state index is 0. The normalized spacial score (nSPS) is 13.8. The van der Waals surface area contributed by atoms with Crippen molar-refractivity contribution in [3.63, 3.8) is 0 Å². The van der Waals surface area contributed by atoms with E-state index >= 15 is 0 Å². The number of aliphatic hydroxyl groups excluding tert-OH is 1. The molecule has 2 aromatic rings. The van der Waals surface area contributed by atoms with Crippen LogP contribution in [-0.4, -0.2) is 21.3 Å². The molecule has 21 heavy (non-hydrogen) atoms. The predicted molar refractivity (Wildman–Crippen MR) is 83.3 cm³/mol.